The average molecular weight is 399 g/mol. The SMILES string of the molecule is OCCCCCCn1c2ccc(O)cc2c2c3c[nH]cc3c(-c3ccccc3)cc21. The monoisotopic (exact) mass is 398 g/mol. The molecule has 0 atom stereocenters. The molecular formula is C26H26N2O2. The minimum absolute atomic E-state index is 0.264. The van der Waals surface area contributed by atoms with Gasteiger partial charge in [0, 0.05) is 52.6 Å². The Labute approximate surface area is 175 Å². The molecule has 30 heavy (non-hydrogen) atoms. The smallest absolute Gasteiger partial charge is 0.116 e. The van der Waals surface area contributed by atoms with E-state index in [1.165, 1.54) is 32.8 Å². The Morgan fingerprint density at radius 1 is 0.767 bits per heavy atom. The molecule has 0 saturated carbocycles. The molecule has 2 heterocycles. The summed E-state index contributed by atoms with van der Waals surface area (Å²) in [5, 5.41) is 23.9. The van der Waals surface area contributed by atoms with E-state index in [2.05, 4.69) is 52.3 Å². The molecule has 4 nitrogen and oxygen atoms in total. The fourth-order valence-corrected chi connectivity index (χ4v) is 4.64. The van der Waals surface area contributed by atoms with E-state index in [1.54, 1.807) is 6.07 Å². The van der Waals surface area contributed by atoms with Gasteiger partial charge in [-0.05, 0) is 48.2 Å². The molecule has 4 heteroatoms. The van der Waals surface area contributed by atoms with E-state index < -0.39 is 0 Å². The lowest BCUT2D eigenvalue weighted by atomic mass is 9.97. The molecule has 152 valence electrons. The van der Waals surface area contributed by atoms with Gasteiger partial charge in [0.15, 0.2) is 0 Å². The molecule has 0 spiro atoms. The summed E-state index contributed by atoms with van der Waals surface area (Å²) in [6.45, 7) is 1.18. The first-order chi connectivity index (χ1) is 14.8. The van der Waals surface area contributed by atoms with E-state index in [1.807, 2.05) is 18.2 Å². The second-order valence-corrected chi connectivity index (χ2v) is 7.96. The third-order valence-corrected chi connectivity index (χ3v) is 6.05. The molecule has 0 fully saturated rings. The number of benzene rings is 3. The zero-order valence-electron chi connectivity index (χ0n) is 16.9. The fourth-order valence-electron chi connectivity index (χ4n) is 4.64. The molecule has 0 aliphatic heterocycles. The van der Waals surface area contributed by atoms with E-state index in [4.69, 9.17) is 5.11 Å². The van der Waals surface area contributed by atoms with Gasteiger partial charge in [-0.2, -0.15) is 0 Å². The standard InChI is InChI=1S/C26H26N2O2/c29-13-7-2-1-6-12-28-24-11-10-19(30)14-21(24)26-23-17-27-16-22(23)20(15-25(26)28)18-8-4-3-5-9-18/h3-5,8-11,14-17,27,29-30H,1-2,6-7,12-13H2. The molecule has 0 saturated heterocycles. The van der Waals surface area contributed by atoms with Crippen molar-refractivity contribution in [1.29, 1.82) is 0 Å². The number of aryl methyl sites for hydroxylation is 1. The Hall–Kier alpha value is -3.24. The molecule has 3 N–H and O–H groups in total. The molecule has 0 radical (unpaired) electrons. The van der Waals surface area contributed by atoms with Crippen molar-refractivity contribution >= 4 is 32.6 Å². The van der Waals surface area contributed by atoms with Crippen LogP contribution in [0, 0.1) is 0 Å². The number of aliphatic hydroxyl groups is 1. The second-order valence-electron chi connectivity index (χ2n) is 7.96. The van der Waals surface area contributed by atoms with Gasteiger partial charge in [0.05, 0.1) is 5.52 Å². The predicted octanol–water partition coefficient (Wildman–Crippen LogP) is 6.20. The Morgan fingerprint density at radius 3 is 2.40 bits per heavy atom. The van der Waals surface area contributed by atoms with Crippen LogP contribution in [0.3, 0.4) is 0 Å². The van der Waals surface area contributed by atoms with Gasteiger partial charge in [0.1, 0.15) is 5.75 Å². The lowest BCUT2D eigenvalue weighted by Crippen LogP contribution is -1.98. The molecule has 5 aromatic rings. The Morgan fingerprint density at radius 2 is 1.57 bits per heavy atom. The number of aliphatic hydroxyl groups excluding tert-OH is 1. The number of aromatic amines is 1. The number of nitrogens with zero attached hydrogens (tertiary/aromatic N) is 1. The number of phenols is 1. The predicted molar refractivity (Wildman–Crippen MR) is 124 cm³/mol. The van der Waals surface area contributed by atoms with Crippen molar-refractivity contribution in [2.75, 3.05) is 6.61 Å². The summed E-state index contributed by atoms with van der Waals surface area (Å²) < 4.78 is 2.39. The highest BCUT2D eigenvalue weighted by molar-refractivity contribution is 6.23. The number of aromatic nitrogens is 2. The number of unbranched alkanes of at least 4 members (excludes halogenated alkanes) is 3. The largest absolute Gasteiger partial charge is 0.508 e. The van der Waals surface area contributed by atoms with E-state index >= 15 is 0 Å². The van der Waals surface area contributed by atoms with Gasteiger partial charge in [-0.3, -0.25) is 0 Å². The average Bonchev–Trinajstić information content (AvgIpc) is 3.36. The van der Waals surface area contributed by atoms with Gasteiger partial charge >= 0.3 is 0 Å². The van der Waals surface area contributed by atoms with Crippen LogP contribution in [0.5, 0.6) is 5.75 Å². The van der Waals surface area contributed by atoms with Crippen molar-refractivity contribution in [3.63, 3.8) is 0 Å². The first-order valence-corrected chi connectivity index (χ1v) is 10.7. The number of fused-ring (bicyclic) bond motifs is 5. The molecule has 2 aromatic heterocycles. The fraction of sp³-hybridized carbons (Fsp3) is 0.231. The molecule has 3 aromatic carbocycles. The highest BCUT2D eigenvalue weighted by Crippen LogP contribution is 2.41. The van der Waals surface area contributed by atoms with Crippen LogP contribution in [0.2, 0.25) is 0 Å². The molecule has 0 amide bonds. The number of phenolic OH excluding ortho intramolecular Hbond substituents is 1. The summed E-state index contributed by atoms with van der Waals surface area (Å²) in [7, 11) is 0. The van der Waals surface area contributed by atoms with Crippen molar-refractivity contribution in [3.05, 3.63) is 67.0 Å². The second kappa shape index (κ2) is 7.88. The normalized spacial score (nSPS) is 11.8. The van der Waals surface area contributed by atoms with Crippen LogP contribution in [0.25, 0.3) is 43.7 Å². The third-order valence-electron chi connectivity index (χ3n) is 6.05. The minimum atomic E-state index is 0.264. The van der Waals surface area contributed by atoms with E-state index in [-0.39, 0.29) is 6.61 Å². The van der Waals surface area contributed by atoms with Crippen LogP contribution in [-0.2, 0) is 6.54 Å². The molecule has 0 aliphatic rings. The summed E-state index contributed by atoms with van der Waals surface area (Å²) in [5.74, 6) is 0.292. The number of H-pyrrole nitrogens is 1. The minimum Gasteiger partial charge on any atom is -0.508 e. The van der Waals surface area contributed by atoms with Crippen LogP contribution in [0.1, 0.15) is 25.7 Å². The third kappa shape index (κ3) is 3.14. The number of rotatable bonds is 7. The van der Waals surface area contributed by atoms with Crippen LogP contribution < -0.4 is 0 Å². The van der Waals surface area contributed by atoms with Crippen molar-refractivity contribution < 1.29 is 10.2 Å². The molecule has 0 bridgehead atoms. The maximum Gasteiger partial charge on any atom is 0.116 e. The van der Waals surface area contributed by atoms with E-state index in [0.29, 0.717) is 5.75 Å². The van der Waals surface area contributed by atoms with Gasteiger partial charge in [-0.1, -0.05) is 43.2 Å². The molecule has 0 unspecified atom stereocenters. The lowest BCUT2D eigenvalue weighted by molar-refractivity contribution is 0.282. The topological polar surface area (TPSA) is 61.2 Å². The Kier molecular flexibility index (Phi) is 4.93. The highest BCUT2D eigenvalue weighted by atomic mass is 16.3. The van der Waals surface area contributed by atoms with Gasteiger partial charge in [0.2, 0.25) is 0 Å². The molecule has 0 aliphatic carbocycles. The summed E-state index contributed by atoms with van der Waals surface area (Å²) in [4.78, 5) is 3.30. The first kappa shape index (κ1) is 18.8. The number of nitrogens with one attached hydrogen (secondary N) is 1. The maximum absolute atomic E-state index is 10.2. The highest BCUT2D eigenvalue weighted by Gasteiger charge is 2.17. The lowest BCUT2D eigenvalue weighted by Gasteiger charge is -2.10. The Balaban J connectivity index is 1.74. The molecular weight excluding hydrogens is 372 g/mol. The summed E-state index contributed by atoms with van der Waals surface area (Å²) in [6.07, 6.45) is 8.20. The zero-order chi connectivity index (χ0) is 20.5. The van der Waals surface area contributed by atoms with Crippen molar-refractivity contribution in [1.82, 2.24) is 9.55 Å². The zero-order valence-corrected chi connectivity index (χ0v) is 16.9. The van der Waals surface area contributed by atoms with Crippen LogP contribution in [0.15, 0.2) is 67.0 Å². The van der Waals surface area contributed by atoms with Crippen LogP contribution >= 0.6 is 0 Å². The van der Waals surface area contributed by atoms with Gasteiger partial charge in [0.25, 0.3) is 0 Å². The quantitative estimate of drug-likeness (QED) is 0.286. The maximum atomic E-state index is 10.2. The Bertz CT molecular complexity index is 1320. The van der Waals surface area contributed by atoms with E-state index in [0.717, 1.165) is 43.1 Å². The van der Waals surface area contributed by atoms with Crippen molar-refractivity contribution in [3.8, 4) is 16.9 Å². The van der Waals surface area contributed by atoms with E-state index in [9.17, 15) is 5.11 Å². The van der Waals surface area contributed by atoms with Gasteiger partial charge < -0.3 is 19.8 Å². The van der Waals surface area contributed by atoms with Crippen LogP contribution in [0.4, 0.5) is 0 Å². The summed E-state index contributed by atoms with van der Waals surface area (Å²) in [5.41, 5.74) is 4.76. The first-order valence-electron chi connectivity index (χ1n) is 10.7. The van der Waals surface area contributed by atoms with Crippen molar-refractivity contribution in [2.24, 2.45) is 0 Å². The van der Waals surface area contributed by atoms with Gasteiger partial charge in [-0.25, -0.2) is 0 Å². The van der Waals surface area contributed by atoms with Crippen molar-refractivity contribution in [2.45, 2.75) is 32.2 Å². The number of hydrogen-bond donors (Lipinski definition) is 3. The van der Waals surface area contributed by atoms with Gasteiger partial charge in [-0.15, -0.1) is 0 Å². The number of aromatic hydroxyl groups is 1. The number of hydrogen-bond acceptors (Lipinski definition) is 2. The van der Waals surface area contributed by atoms with Crippen LogP contribution in [-0.4, -0.2) is 26.4 Å². The summed E-state index contributed by atoms with van der Waals surface area (Å²) >= 11 is 0. The molecule has 5 rings (SSSR count). The summed E-state index contributed by atoms with van der Waals surface area (Å²) in [6, 6.07) is 18.5.